The highest BCUT2D eigenvalue weighted by atomic mass is 15.4. The van der Waals surface area contributed by atoms with Crippen LogP contribution in [0.2, 0.25) is 0 Å². The molecule has 0 fully saturated rings. The van der Waals surface area contributed by atoms with Crippen LogP contribution in [0.4, 0.5) is 0 Å². The van der Waals surface area contributed by atoms with Crippen molar-refractivity contribution in [1.29, 1.82) is 0 Å². The van der Waals surface area contributed by atoms with Gasteiger partial charge in [0.25, 0.3) is 0 Å². The summed E-state index contributed by atoms with van der Waals surface area (Å²) < 4.78 is 0. The molecule has 0 saturated heterocycles. The minimum absolute atomic E-state index is 0.849. The van der Waals surface area contributed by atoms with Gasteiger partial charge in [-0.3, -0.25) is 0 Å². The van der Waals surface area contributed by atoms with Gasteiger partial charge in [-0.25, -0.2) is 0 Å². The van der Waals surface area contributed by atoms with Gasteiger partial charge in [0.2, 0.25) is 0 Å². The highest BCUT2D eigenvalue weighted by Crippen LogP contribution is 2.27. The maximum Gasteiger partial charge on any atom is 0.111 e. The lowest BCUT2D eigenvalue weighted by Gasteiger charge is -2.12. The van der Waals surface area contributed by atoms with Crippen molar-refractivity contribution in [2.24, 2.45) is 15.4 Å². The summed E-state index contributed by atoms with van der Waals surface area (Å²) >= 11 is 0. The fourth-order valence-corrected chi connectivity index (χ4v) is 2.77. The fraction of sp³-hybridized carbons (Fsp3) is 0.118. The number of fused-ring (bicyclic) bond motifs is 2. The fourth-order valence-electron chi connectivity index (χ4n) is 2.77. The second kappa shape index (κ2) is 4.53. The third kappa shape index (κ3) is 1.88. The van der Waals surface area contributed by atoms with E-state index >= 15 is 0 Å². The molecule has 3 heteroatoms. The summed E-state index contributed by atoms with van der Waals surface area (Å²) in [4.78, 5) is 0. The number of rotatable bonds is 2. The molecule has 3 nitrogen and oxygen atoms in total. The molecule has 1 aliphatic carbocycles. The van der Waals surface area contributed by atoms with Crippen LogP contribution in [0.1, 0.15) is 12.0 Å². The predicted octanol–water partition coefficient (Wildman–Crippen LogP) is 4.42. The quantitative estimate of drug-likeness (QED) is 0.765. The minimum atomic E-state index is 0.849. The number of hydrogen-bond donors (Lipinski definition) is 0. The summed E-state index contributed by atoms with van der Waals surface area (Å²) in [5, 5.41) is 14.4. The average Bonchev–Trinajstić information content (AvgIpc) is 2.95. The Balaban J connectivity index is 1.69. The maximum absolute atomic E-state index is 4.08. The zero-order chi connectivity index (χ0) is 13.4. The Morgan fingerprint density at radius 2 is 1.85 bits per heavy atom. The molecule has 0 aromatic heterocycles. The van der Waals surface area contributed by atoms with Crippen LogP contribution in [-0.2, 0) is 6.42 Å². The Bertz CT molecular complexity index is 805. The van der Waals surface area contributed by atoms with Crippen LogP contribution in [0.25, 0.3) is 10.8 Å². The Hall–Kier alpha value is -2.55. The summed E-state index contributed by atoms with van der Waals surface area (Å²) in [6.45, 7) is 0. The van der Waals surface area contributed by atoms with Gasteiger partial charge in [0.15, 0.2) is 0 Å². The predicted molar refractivity (Wildman–Crippen MR) is 80.7 cm³/mol. The molecule has 2 aromatic rings. The smallest absolute Gasteiger partial charge is 0.111 e. The van der Waals surface area contributed by atoms with Crippen LogP contribution in [0.5, 0.6) is 0 Å². The van der Waals surface area contributed by atoms with Crippen molar-refractivity contribution >= 4 is 16.5 Å². The largest absolute Gasteiger partial charge is 0.133 e. The Kier molecular flexibility index (Phi) is 2.56. The van der Waals surface area contributed by atoms with E-state index in [4.69, 9.17) is 0 Å². The van der Waals surface area contributed by atoms with Crippen LogP contribution in [0.3, 0.4) is 0 Å². The van der Waals surface area contributed by atoms with Crippen molar-refractivity contribution < 1.29 is 0 Å². The SMILES string of the molecule is C1=C(Cc2cccc3ccccc23)CC2=NN=NC2=C1. The van der Waals surface area contributed by atoms with Gasteiger partial charge in [0, 0.05) is 6.42 Å². The van der Waals surface area contributed by atoms with Gasteiger partial charge in [0.1, 0.15) is 5.70 Å². The molecule has 0 bridgehead atoms. The maximum atomic E-state index is 4.08. The van der Waals surface area contributed by atoms with E-state index in [1.807, 2.05) is 6.08 Å². The zero-order valence-corrected chi connectivity index (χ0v) is 11.0. The van der Waals surface area contributed by atoms with Crippen LogP contribution >= 0.6 is 0 Å². The molecule has 1 heterocycles. The average molecular weight is 259 g/mol. The molecule has 0 spiro atoms. The zero-order valence-electron chi connectivity index (χ0n) is 11.0. The molecule has 1 aliphatic heterocycles. The molecule has 20 heavy (non-hydrogen) atoms. The molecule has 0 amide bonds. The lowest BCUT2D eigenvalue weighted by Crippen LogP contribution is -2.06. The molecule has 0 saturated carbocycles. The van der Waals surface area contributed by atoms with Crippen LogP contribution in [0, 0.1) is 0 Å². The highest BCUT2D eigenvalue weighted by Gasteiger charge is 2.17. The summed E-state index contributed by atoms with van der Waals surface area (Å²) in [6, 6.07) is 15.0. The van der Waals surface area contributed by atoms with Crippen LogP contribution in [0.15, 0.2) is 81.3 Å². The molecule has 0 radical (unpaired) electrons. The summed E-state index contributed by atoms with van der Waals surface area (Å²) in [7, 11) is 0. The summed E-state index contributed by atoms with van der Waals surface area (Å²) in [5.74, 6) is 0. The van der Waals surface area contributed by atoms with Crippen molar-refractivity contribution in [2.45, 2.75) is 12.8 Å². The summed E-state index contributed by atoms with van der Waals surface area (Å²) in [6.07, 6.45) is 5.96. The molecule has 0 unspecified atom stereocenters. The van der Waals surface area contributed by atoms with Crippen molar-refractivity contribution in [3.8, 4) is 0 Å². The molecule has 0 N–H and O–H groups in total. The highest BCUT2D eigenvalue weighted by molar-refractivity contribution is 6.03. The lowest BCUT2D eigenvalue weighted by atomic mass is 9.92. The van der Waals surface area contributed by atoms with E-state index in [2.05, 4.69) is 64.0 Å². The molecule has 2 aromatic carbocycles. The Labute approximate surface area is 117 Å². The van der Waals surface area contributed by atoms with Crippen molar-refractivity contribution in [3.05, 3.63) is 71.5 Å². The van der Waals surface area contributed by atoms with Crippen molar-refractivity contribution in [2.75, 3.05) is 0 Å². The van der Waals surface area contributed by atoms with Gasteiger partial charge in [-0.05, 0) is 34.1 Å². The second-order valence-corrected chi connectivity index (χ2v) is 5.10. The normalized spacial score (nSPS) is 16.7. The molecule has 96 valence electrons. The lowest BCUT2D eigenvalue weighted by molar-refractivity contribution is 1.08. The van der Waals surface area contributed by atoms with Gasteiger partial charge in [0.05, 0.1) is 5.71 Å². The van der Waals surface area contributed by atoms with E-state index < -0.39 is 0 Å². The first-order valence-electron chi connectivity index (χ1n) is 6.74. The Morgan fingerprint density at radius 3 is 2.85 bits per heavy atom. The third-order valence-electron chi connectivity index (χ3n) is 3.78. The molecule has 0 atom stereocenters. The standard InChI is InChI=1S/C17H13N3/c1-2-7-15-13(4-1)5-3-6-14(15)10-12-8-9-16-17(11-12)19-20-18-16/h1-9H,10-11H2. The van der Waals surface area contributed by atoms with E-state index in [0.717, 1.165) is 24.3 Å². The van der Waals surface area contributed by atoms with Gasteiger partial charge in [-0.15, -0.1) is 10.2 Å². The second-order valence-electron chi connectivity index (χ2n) is 5.10. The van der Waals surface area contributed by atoms with E-state index in [9.17, 15) is 0 Å². The van der Waals surface area contributed by atoms with Crippen LogP contribution in [-0.4, -0.2) is 5.71 Å². The molecule has 4 rings (SSSR count). The van der Waals surface area contributed by atoms with Crippen molar-refractivity contribution in [1.82, 2.24) is 0 Å². The third-order valence-corrected chi connectivity index (χ3v) is 3.78. The van der Waals surface area contributed by atoms with Crippen LogP contribution < -0.4 is 0 Å². The molecular weight excluding hydrogens is 246 g/mol. The number of benzene rings is 2. The number of nitrogens with zero attached hydrogens (tertiary/aromatic N) is 3. The number of allylic oxidation sites excluding steroid dienone is 4. The van der Waals surface area contributed by atoms with Gasteiger partial charge in [-0.2, -0.15) is 0 Å². The molecular formula is C17H13N3. The first kappa shape index (κ1) is 11.3. The van der Waals surface area contributed by atoms with E-state index in [1.165, 1.54) is 21.9 Å². The van der Waals surface area contributed by atoms with Crippen molar-refractivity contribution in [3.63, 3.8) is 0 Å². The van der Waals surface area contributed by atoms with Gasteiger partial charge < -0.3 is 0 Å². The topological polar surface area (TPSA) is 37.1 Å². The van der Waals surface area contributed by atoms with Gasteiger partial charge >= 0.3 is 0 Å². The monoisotopic (exact) mass is 259 g/mol. The Morgan fingerprint density at radius 1 is 0.950 bits per heavy atom. The number of hydrogen-bond acceptors (Lipinski definition) is 3. The van der Waals surface area contributed by atoms with E-state index in [1.54, 1.807) is 0 Å². The minimum Gasteiger partial charge on any atom is -0.133 e. The van der Waals surface area contributed by atoms with Gasteiger partial charge in [-0.1, -0.05) is 54.1 Å². The molecule has 2 aliphatic rings. The summed E-state index contributed by atoms with van der Waals surface area (Å²) in [5.41, 5.74) is 4.62. The first-order valence-corrected chi connectivity index (χ1v) is 6.74. The van der Waals surface area contributed by atoms with E-state index in [-0.39, 0.29) is 0 Å². The van der Waals surface area contributed by atoms with E-state index in [0.29, 0.717) is 0 Å². The first-order chi connectivity index (χ1) is 9.90.